The van der Waals surface area contributed by atoms with Crippen LogP contribution in [0.15, 0.2) is 18.2 Å². The zero-order valence-electron chi connectivity index (χ0n) is 19.8. The van der Waals surface area contributed by atoms with Gasteiger partial charge in [-0.3, -0.25) is 4.79 Å². The Bertz CT molecular complexity index is 928. The highest BCUT2D eigenvalue weighted by Gasteiger charge is 2.25. The van der Waals surface area contributed by atoms with Crippen LogP contribution in [0, 0.1) is 5.92 Å². The number of halogens is 2. The van der Waals surface area contributed by atoms with Gasteiger partial charge in [0.05, 0.1) is 24.2 Å². The second-order valence-corrected chi connectivity index (χ2v) is 9.24. The second-order valence-electron chi connectivity index (χ2n) is 8.48. The van der Waals surface area contributed by atoms with Crippen molar-refractivity contribution in [3.8, 4) is 0 Å². The first kappa shape index (κ1) is 27.2. The number of fused-ring (bicyclic) bond motifs is 1. The number of carbonyl (C=O) groups excluding carboxylic acids is 2. The molecule has 184 valence electrons. The number of aryl methyl sites for hydroxylation is 2. The summed E-state index contributed by atoms with van der Waals surface area (Å²) in [4.78, 5) is 31.4. The van der Waals surface area contributed by atoms with Crippen LogP contribution in [0.2, 0.25) is 0 Å². The highest BCUT2D eigenvalue weighted by molar-refractivity contribution is 6.18. The number of rotatable bonds is 13. The molecular formula is C23H35Cl2N5O3. The highest BCUT2D eigenvalue weighted by atomic mass is 35.5. The van der Waals surface area contributed by atoms with E-state index in [1.807, 2.05) is 43.7 Å². The van der Waals surface area contributed by atoms with Crippen LogP contribution in [0.1, 0.15) is 32.5 Å². The summed E-state index contributed by atoms with van der Waals surface area (Å²) in [6.07, 6.45) is 1.41. The fourth-order valence-corrected chi connectivity index (χ4v) is 4.16. The molecule has 0 bridgehead atoms. The molecule has 2 atom stereocenters. The Hall–Kier alpha value is -2.03. The minimum Gasteiger partial charge on any atom is -0.467 e. The number of hydrogen-bond donors (Lipinski definition) is 2. The standard InChI is InChI=1S/C23H35Cl2N5O3/c1-15(2)13-19(23(32)33-4)28-22(31)17(26)6-8-21-27-18-14-16(5-7-20(18)29(21)3)30(11-9-24)12-10-25/h5,7,14-15,17,19H,6,8-13,26H2,1-4H3,(H,28,31)/t17-,19-/m0/s1. The summed E-state index contributed by atoms with van der Waals surface area (Å²) in [6.45, 7) is 5.35. The fourth-order valence-electron chi connectivity index (χ4n) is 3.75. The van der Waals surface area contributed by atoms with Crippen molar-refractivity contribution in [2.75, 3.05) is 36.9 Å². The topological polar surface area (TPSA) is 102 Å². The van der Waals surface area contributed by atoms with E-state index >= 15 is 0 Å². The lowest BCUT2D eigenvalue weighted by Crippen LogP contribution is -2.49. The van der Waals surface area contributed by atoms with Crippen LogP contribution in [0.3, 0.4) is 0 Å². The minimum absolute atomic E-state index is 0.223. The average Bonchev–Trinajstić information content (AvgIpc) is 3.10. The van der Waals surface area contributed by atoms with Gasteiger partial charge in [-0.2, -0.15) is 0 Å². The Morgan fingerprint density at radius 3 is 2.48 bits per heavy atom. The molecule has 8 nitrogen and oxygen atoms in total. The predicted molar refractivity (Wildman–Crippen MR) is 134 cm³/mol. The lowest BCUT2D eigenvalue weighted by molar-refractivity contribution is -0.145. The number of esters is 1. The summed E-state index contributed by atoms with van der Waals surface area (Å²) < 4.78 is 6.81. The third kappa shape index (κ3) is 7.48. The van der Waals surface area contributed by atoms with Gasteiger partial charge in [-0.1, -0.05) is 13.8 Å². The fraction of sp³-hybridized carbons (Fsp3) is 0.609. The molecule has 0 aliphatic rings. The number of ether oxygens (including phenoxy) is 1. The van der Waals surface area contributed by atoms with Crippen molar-refractivity contribution in [3.05, 3.63) is 24.0 Å². The molecule has 0 spiro atoms. The molecule has 1 aromatic carbocycles. The van der Waals surface area contributed by atoms with E-state index in [0.29, 0.717) is 44.1 Å². The molecule has 0 saturated heterocycles. The van der Waals surface area contributed by atoms with Crippen molar-refractivity contribution in [1.82, 2.24) is 14.9 Å². The Balaban J connectivity index is 2.08. The zero-order chi connectivity index (χ0) is 24.5. The monoisotopic (exact) mass is 499 g/mol. The van der Waals surface area contributed by atoms with Gasteiger partial charge in [-0.25, -0.2) is 9.78 Å². The molecule has 3 N–H and O–H groups in total. The zero-order valence-corrected chi connectivity index (χ0v) is 21.3. The first-order chi connectivity index (χ1) is 15.7. The molecular weight excluding hydrogens is 465 g/mol. The summed E-state index contributed by atoms with van der Waals surface area (Å²) in [5.41, 5.74) is 9.00. The number of nitrogens with one attached hydrogen (secondary N) is 1. The molecule has 10 heteroatoms. The number of nitrogens with two attached hydrogens (primary N) is 1. The normalized spacial score (nSPS) is 13.2. The lowest BCUT2D eigenvalue weighted by atomic mass is 10.0. The summed E-state index contributed by atoms with van der Waals surface area (Å²) in [5.74, 6) is 1.24. The van der Waals surface area contributed by atoms with E-state index in [9.17, 15) is 9.59 Å². The molecule has 1 amide bonds. The van der Waals surface area contributed by atoms with Crippen LogP contribution < -0.4 is 16.0 Å². The first-order valence-corrected chi connectivity index (χ1v) is 12.2. The number of alkyl halides is 2. The number of anilines is 1. The molecule has 0 aliphatic heterocycles. The molecule has 0 fully saturated rings. The van der Waals surface area contributed by atoms with E-state index < -0.39 is 18.1 Å². The molecule has 33 heavy (non-hydrogen) atoms. The molecule has 0 unspecified atom stereocenters. The third-order valence-corrected chi connectivity index (χ3v) is 5.89. The van der Waals surface area contributed by atoms with Gasteiger partial charge in [-0.15, -0.1) is 23.2 Å². The number of benzene rings is 1. The van der Waals surface area contributed by atoms with Crippen LogP contribution in [-0.2, 0) is 27.8 Å². The third-order valence-electron chi connectivity index (χ3n) is 5.56. The van der Waals surface area contributed by atoms with Crippen molar-refractivity contribution < 1.29 is 14.3 Å². The van der Waals surface area contributed by atoms with Gasteiger partial charge < -0.3 is 25.3 Å². The van der Waals surface area contributed by atoms with Crippen LogP contribution in [0.25, 0.3) is 11.0 Å². The summed E-state index contributed by atoms with van der Waals surface area (Å²) in [5, 5.41) is 2.73. The van der Waals surface area contributed by atoms with Crippen molar-refractivity contribution in [1.29, 1.82) is 0 Å². The maximum absolute atomic E-state index is 12.6. The number of hydrogen-bond acceptors (Lipinski definition) is 6. The van der Waals surface area contributed by atoms with Gasteiger partial charge in [0.25, 0.3) is 0 Å². The van der Waals surface area contributed by atoms with E-state index in [4.69, 9.17) is 38.7 Å². The molecule has 0 saturated carbocycles. The predicted octanol–water partition coefficient (Wildman–Crippen LogP) is 2.82. The van der Waals surface area contributed by atoms with Crippen molar-refractivity contribution in [3.63, 3.8) is 0 Å². The number of imidazole rings is 1. The quantitative estimate of drug-likeness (QED) is 0.324. The van der Waals surface area contributed by atoms with Gasteiger partial charge >= 0.3 is 5.97 Å². The Morgan fingerprint density at radius 2 is 1.91 bits per heavy atom. The lowest BCUT2D eigenvalue weighted by Gasteiger charge is -2.22. The van der Waals surface area contributed by atoms with Gasteiger partial charge in [-0.05, 0) is 37.0 Å². The first-order valence-electron chi connectivity index (χ1n) is 11.2. The van der Waals surface area contributed by atoms with Crippen molar-refractivity contribution >= 4 is 51.8 Å². The minimum atomic E-state index is -0.761. The number of nitrogens with zero attached hydrogens (tertiary/aromatic N) is 3. The van der Waals surface area contributed by atoms with Crippen molar-refractivity contribution in [2.45, 2.75) is 45.2 Å². The molecule has 0 radical (unpaired) electrons. The Labute approximate surface area is 205 Å². The molecule has 1 aromatic heterocycles. The number of carbonyl (C=O) groups is 2. The molecule has 1 heterocycles. The maximum Gasteiger partial charge on any atom is 0.328 e. The highest BCUT2D eigenvalue weighted by Crippen LogP contribution is 2.23. The summed E-state index contributed by atoms with van der Waals surface area (Å²) in [6, 6.07) is 4.62. The van der Waals surface area contributed by atoms with E-state index in [-0.39, 0.29) is 11.8 Å². The SMILES string of the molecule is COC(=O)[C@H](CC(C)C)NC(=O)[C@@H](N)CCc1nc2cc(N(CCCl)CCCl)ccc2n1C. The van der Waals surface area contributed by atoms with Crippen molar-refractivity contribution in [2.24, 2.45) is 18.7 Å². The number of aromatic nitrogens is 2. The smallest absolute Gasteiger partial charge is 0.328 e. The Morgan fingerprint density at radius 1 is 1.24 bits per heavy atom. The van der Waals surface area contributed by atoms with E-state index in [1.54, 1.807) is 0 Å². The van der Waals surface area contributed by atoms with Gasteiger partial charge in [0.1, 0.15) is 11.9 Å². The van der Waals surface area contributed by atoms with E-state index in [1.165, 1.54) is 7.11 Å². The number of amides is 1. The summed E-state index contributed by atoms with van der Waals surface area (Å²) in [7, 11) is 3.25. The maximum atomic E-state index is 12.6. The van der Waals surface area contributed by atoms with E-state index in [0.717, 1.165) is 22.5 Å². The van der Waals surface area contributed by atoms with Crippen LogP contribution in [0.5, 0.6) is 0 Å². The number of methoxy groups -OCH3 is 1. The van der Waals surface area contributed by atoms with Crippen LogP contribution in [-0.4, -0.2) is 65.5 Å². The molecule has 0 aliphatic carbocycles. The van der Waals surface area contributed by atoms with Crippen LogP contribution >= 0.6 is 23.2 Å². The largest absolute Gasteiger partial charge is 0.467 e. The van der Waals surface area contributed by atoms with Gasteiger partial charge in [0, 0.05) is 44.0 Å². The molecule has 2 aromatic rings. The average molecular weight is 500 g/mol. The molecule has 2 rings (SSSR count). The second kappa shape index (κ2) is 13.0. The van der Waals surface area contributed by atoms with Gasteiger partial charge in [0.2, 0.25) is 5.91 Å². The van der Waals surface area contributed by atoms with Gasteiger partial charge in [0.15, 0.2) is 0 Å². The summed E-state index contributed by atoms with van der Waals surface area (Å²) >= 11 is 11.9. The Kier molecular flexibility index (Phi) is 10.7. The van der Waals surface area contributed by atoms with E-state index in [2.05, 4.69) is 10.2 Å². The van der Waals surface area contributed by atoms with Crippen LogP contribution in [0.4, 0.5) is 5.69 Å².